The zero-order valence-corrected chi connectivity index (χ0v) is 21.1. The van der Waals surface area contributed by atoms with Gasteiger partial charge in [-0.3, -0.25) is 10.1 Å². The van der Waals surface area contributed by atoms with Gasteiger partial charge in [0.05, 0.1) is 12.8 Å². The first-order valence-electron chi connectivity index (χ1n) is 11.3. The number of hydrogen-bond acceptors (Lipinski definition) is 5. The molecule has 0 bridgehead atoms. The fraction of sp³-hybridized carbons (Fsp3) is 0.172. The second-order valence-corrected chi connectivity index (χ2v) is 9.44. The van der Waals surface area contributed by atoms with E-state index < -0.39 is 0 Å². The highest BCUT2D eigenvalue weighted by atomic mass is 32.1. The minimum atomic E-state index is -0.243. The van der Waals surface area contributed by atoms with E-state index in [1.807, 2.05) is 55.5 Å². The minimum absolute atomic E-state index is 0.243. The fourth-order valence-corrected chi connectivity index (χ4v) is 4.42. The highest BCUT2D eigenvalue weighted by Crippen LogP contribution is 2.31. The molecule has 4 rings (SSSR count). The van der Waals surface area contributed by atoms with Crippen molar-refractivity contribution in [2.45, 2.75) is 27.4 Å². The molecule has 0 aliphatic rings. The molecule has 35 heavy (non-hydrogen) atoms. The van der Waals surface area contributed by atoms with Crippen LogP contribution in [0.25, 0.3) is 17.3 Å². The van der Waals surface area contributed by atoms with E-state index in [0.29, 0.717) is 23.2 Å². The minimum Gasteiger partial charge on any atom is -0.493 e. The standard InChI is InChI=1S/C29H28N2O3S/c1-19-9-13-23(14-10-19)28-21(3)35-29(31-28)30-27(32)16-12-22-11-15-25(26(17-22)33-4)34-18-24-8-6-5-7-20(24)2/h5-17H,18H2,1-4H3,(H,30,31,32). The van der Waals surface area contributed by atoms with Gasteiger partial charge >= 0.3 is 0 Å². The molecule has 0 aliphatic carbocycles. The molecular weight excluding hydrogens is 456 g/mol. The number of amides is 1. The summed E-state index contributed by atoms with van der Waals surface area (Å²) in [4.78, 5) is 18.2. The molecule has 1 aromatic heterocycles. The Morgan fingerprint density at radius 2 is 1.77 bits per heavy atom. The molecule has 0 radical (unpaired) electrons. The van der Waals surface area contributed by atoms with Crippen LogP contribution in [0.5, 0.6) is 11.5 Å². The van der Waals surface area contributed by atoms with Crippen LogP contribution >= 0.6 is 11.3 Å². The summed E-state index contributed by atoms with van der Waals surface area (Å²) in [5.74, 6) is 1.02. The van der Waals surface area contributed by atoms with E-state index >= 15 is 0 Å². The third kappa shape index (κ3) is 6.16. The number of aromatic nitrogens is 1. The zero-order chi connectivity index (χ0) is 24.8. The van der Waals surface area contributed by atoms with Crippen LogP contribution in [0.4, 0.5) is 5.13 Å². The molecular formula is C29H28N2O3S. The molecule has 1 N–H and O–H groups in total. The zero-order valence-electron chi connectivity index (χ0n) is 20.3. The molecule has 0 saturated heterocycles. The largest absolute Gasteiger partial charge is 0.493 e. The molecule has 0 fully saturated rings. The maximum atomic E-state index is 12.5. The number of nitrogens with one attached hydrogen (secondary N) is 1. The second-order valence-electron chi connectivity index (χ2n) is 8.24. The lowest BCUT2D eigenvalue weighted by atomic mass is 10.1. The number of nitrogens with zero attached hydrogens (tertiary/aromatic N) is 1. The first-order valence-corrected chi connectivity index (χ1v) is 12.1. The van der Waals surface area contributed by atoms with Crippen LogP contribution in [0.1, 0.15) is 27.1 Å². The van der Waals surface area contributed by atoms with Gasteiger partial charge in [0.15, 0.2) is 16.6 Å². The number of methoxy groups -OCH3 is 1. The molecule has 0 atom stereocenters. The van der Waals surface area contributed by atoms with Gasteiger partial charge in [-0.25, -0.2) is 4.98 Å². The summed E-state index contributed by atoms with van der Waals surface area (Å²) in [6.45, 7) is 6.58. The Hall–Kier alpha value is -3.90. The van der Waals surface area contributed by atoms with Crippen LogP contribution in [-0.4, -0.2) is 18.0 Å². The number of anilines is 1. The molecule has 0 spiro atoms. The van der Waals surface area contributed by atoms with Crippen LogP contribution < -0.4 is 14.8 Å². The van der Waals surface area contributed by atoms with Gasteiger partial charge < -0.3 is 9.47 Å². The second kappa shape index (κ2) is 11.0. The monoisotopic (exact) mass is 484 g/mol. The Labute approximate surface area is 210 Å². The Morgan fingerprint density at radius 1 is 1.00 bits per heavy atom. The Morgan fingerprint density at radius 3 is 2.51 bits per heavy atom. The number of aryl methyl sites for hydroxylation is 3. The molecule has 0 aliphatic heterocycles. The molecule has 4 aromatic rings. The van der Waals surface area contributed by atoms with Crippen LogP contribution in [0.3, 0.4) is 0 Å². The van der Waals surface area contributed by atoms with Crippen molar-refractivity contribution in [2.75, 3.05) is 12.4 Å². The highest BCUT2D eigenvalue weighted by Gasteiger charge is 2.11. The van der Waals surface area contributed by atoms with Gasteiger partial charge in [-0.2, -0.15) is 0 Å². The first-order chi connectivity index (χ1) is 16.9. The fourth-order valence-electron chi connectivity index (χ4n) is 3.58. The highest BCUT2D eigenvalue weighted by molar-refractivity contribution is 7.16. The summed E-state index contributed by atoms with van der Waals surface area (Å²) in [7, 11) is 1.60. The first kappa shape index (κ1) is 24.2. The lowest BCUT2D eigenvalue weighted by Crippen LogP contribution is -2.07. The van der Waals surface area contributed by atoms with Crippen molar-refractivity contribution in [2.24, 2.45) is 0 Å². The van der Waals surface area contributed by atoms with E-state index in [1.54, 1.807) is 13.2 Å². The van der Waals surface area contributed by atoms with E-state index in [4.69, 9.17) is 9.47 Å². The summed E-state index contributed by atoms with van der Waals surface area (Å²) in [6.07, 6.45) is 3.23. The topological polar surface area (TPSA) is 60.5 Å². The average molecular weight is 485 g/mol. The SMILES string of the molecule is COc1cc(C=CC(=O)Nc2nc(-c3ccc(C)cc3)c(C)s2)ccc1OCc1ccccc1C. The van der Waals surface area contributed by atoms with Crippen LogP contribution in [-0.2, 0) is 11.4 Å². The molecule has 3 aromatic carbocycles. The Bertz CT molecular complexity index is 1360. The quantitative estimate of drug-likeness (QED) is 0.274. The number of hydrogen-bond donors (Lipinski definition) is 1. The number of carbonyl (C=O) groups excluding carboxylic acids is 1. The van der Waals surface area contributed by atoms with Crippen LogP contribution in [0.2, 0.25) is 0 Å². The summed E-state index contributed by atoms with van der Waals surface area (Å²) < 4.78 is 11.5. The van der Waals surface area contributed by atoms with E-state index in [1.165, 1.54) is 28.5 Å². The predicted molar refractivity (Wildman–Crippen MR) is 143 cm³/mol. The van der Waals surface area contributed by atoms with Crippen LogP contribution in [0, 0.1) is 20.8 Å². The number of rotatable bonds is 8. The van der Waals surface area contributed by atoms with Gasteiger partial charge in [0.2, 0.25) is 5.91 Å². The van der Waals surface area contributed by atoms with E-state index in [9.17, 15) is 4.79 Å². The average Bonchev–Trinajstić information content (AvgIpc) is 3.22. The molecule has 5 nitrogen and oxygen atoms in total. The van der Waals surface area contributed by atoms with Gasteiger partial charge in [-0.05, 0) is 55.7 Å². The van der Waals surface area contributed by atoms with Crippen molar-refractivity contribution in [1.82, 2.24) is 4.98 Å². The number of thiazole rings is 1. The lowest BCUT2D eigenvalue weighted by Gasteiger charge is -2.12. The van der Waals surface area contributed by atoms with Crippen LogP contribution in [0.15, 0.2) is 72.8 Å². The van der Waals surface area contributed by atoms with Crippen molar-refractivity contribution in [3.63, 3.8) is 0 Å². The van der Waals surface area contributed by atoms with Crippen molar-refractivity contribution >= 4 is 28.5 Å². The maximum absolute atomic E-state index is 12.5. The van der Waals surface area contributed by atoms with Gasteiger partial charge in [-0.1, -0.05) is 60.2 Å². The van der Waals surface area contributed by atoms with E-state index in [-0.39, 0.29) is 5.91 Å². The number of ether oxygens (including phenoxy) is 2. The number of carbonyl (C=O) groups is 1. The third-order valence-corrected chi connectivity index (χ3v) is 6.50. The summed E-state index contributed by atoms with van der Waals surface area (Å²) in [5, 5.41) is 3.44. The van der Waals surface area contributed by atoms with Gasteiger partial charge in [-0.15, -0.1) is 11.3 Å². The normalized spacial score (nSPS) is 11.0. The van der Waals surface area contributed by atoms with Crippen molar-refractivity contribution in [3.8, 4) is 22.8 Å². The van der Waals surface area contributed by atoms with Gasteiger partial charge in [0, 0.05) is 16.5 Å². The summed E-state index contributed by atoms with van der Waals surface area (Å²) in [6, 6.07) is 21.9. The molecule has 178 valence electrons. The summed E-state index contributed by atoms with van der Waals surface area (Å²) in [5.41, 5.74) is 6.26. The summed E-state index contributed by atoms with van der Waals surface area (Å²) >= 11 is 1.46. The smallest absolute Gasteiger partial charge is 0.250 e. The van der Waals surface area contributed by atoms with E-state index in [0.717, 1.165) is 27.3 Å². The lowest BCUT2D eigenvalue weighted by molar-refractivity contribution is -0.111. The molecule has 0 saturated carbocycles. The van der Waals surface area contributed by atoms with Crippen molar-refractivity contribution in [1.29, 1.82) is 0 Å². The van der Waals surface area contributed by atoms with E-state index in [2.05, 4.69) is 42.3 Å². The molecule has 1 amide bonds. The molecule has 1 heterocycles. The Kier molecular flexibility index (Phi) is 7.63. The maximum Gasteiger partial charge on any atom is 0.250 e. The van der Waals surface area contributed by atoms with Crippen molar-refractivity contribution < 1.29 is 14.3 Å². The predicted octanol–water partition coefficient (Wildman–Crippen LogP) is 6.97. The molecule has 0 unspecified atom stereocenters. The Balaban J connectivity index is 1.40. The number of benzene rings is 3. The van der Waals surface area contributed by atoms with Gasteiger partial charge in [0.25, 0.3) is 0 Å². The third-order valence-electron chi connectivity index (χ3n) is 5.61. The molecule has 6 heteroatoms. The van der Waals surface area contributed by atoms with Crippen molar-refractivity contribution in [3.05, 3.63) is 99.9 Å². The van der Waals surface area contributed by atoms with Gasteiger partial charge in [0.1, 0.15) is 6.61 Å².